The standard InChI is InChI=1S/C19H19NO3/c1-11-8-12(2)17(13(3)9-11)20-18(21)16-10-14-6-4-5-7-15(14)19(22)23-16/h4-9,16H,10H2,1-3H3,(H,20,21). The minimum atomic E-state index is -0.794. The highest BCUT2D eigenvalue weighted by Gasteiger charge is 2.31. The molecule has 1 N–H and O–H groups in total. The minimum Gasteiger partial charge on any atom is -0.448 e. The van der Waals surface area contributed by atoms with Gasteiger partial charge in [-0.15, -0.1) is 0 Å². The molecule has 0 bridgehead atoms. The Kier molecular flexibility index (Phi) is 3.90. The van der Waals surface area contributed by atoms with E-state index in [1.807, 2.05) is 45.0 Å². The first-order valence-corrected chi connectivity index (χ1v) is 7.63. The summed E-state index contributed by atoms with van der Waals surface area (Å²) in [5, 5.41) is 2.91. The summed E-state index contributed by atoms with van der Waals surface area (Å²) < 4.78 is 5.30. The number of hydrogen-bond acceptors (Lipinski definition) is 3. The van der Waals surface area contributed by atoms with E-state index >= 15 is 0 Å². The molecule has 1 aliphatic rings. The average molecular weight is 309 g/mol. The molecule has 0 spiro atoms. The molecule has 1 unspecified atom stereocenters. The Bertz CT molecular complexity index is 772. The molecule has 0 radical (unpaired) electrons. The van der Waals surface area contributed by atoms with Gasteiger partial charge in [0.25, 0.3) is 5.91 Å². The number of aryl methyl sites for hydroxylation is 3. The maximum atomic E-state index is 12.5. The maximum Gasteiger partial charge on any atom is 0.339 e. The van der Waals surface area contributed by atoms with Crippen molar-refractivity contribution in [1.29, 1.82) is 0 Å². The van der Waals surface area contributed by atoms with Gasteiger partial charge in [0.05, 0.1) is 5.56 Å². The summed E-state index contributed by atoms with van der Waals surface area (Å²) >= 11 is 0. The molecule has 3 rings (SSSR count). The van der Waals surface area contributed by atoms with E-state index in [1.165, 1.54) is 0 Å². The summed E-state index contributed by atoms with van der Waals surface area (Å²) in [5.41, 5.74) is 5.32. The molecule has 2 aromatic carbocycles. The summed E-state index contributed by atoms with van der Waals surface area (Å²) in [6.07, 6.45) is -0.393. The van der Waals surface area contributed by atoms with Gasteiger partial charge in [-0.2, -0.15) is 0 Å². The van der Waals surface area contributed by atoms with E-state index in [0.717, 1.165) is 27.9 Å². The van der Waals surface area contributed by atoms with Crippen molar-refractivity contribution in [3.63, 3.8) is 0 Å². The van der Waals surface area contributed by atoms with E-state index < -0.39 is 12.1 Å². The zero-order valence-corrected chi connectivity index (χ0v) is 13.5. The lowest BCUT2D eigenvalue weighted by Gasteiger charge is -2.24. The Morgan fingerprint density at radius 3 is 2.48 bits per heavy atom. The fourth-order valence-corrected chi connectivity index (χ4v) is 3.06. The molecule has 0 saturated carbocycles. The predicted molar refractivity (Wildman–Crippen MR) is 88.6 cm³/mol. The summed E-state index contributed by atoms with van der Waals surface area (Å²) in [5.74, 6) is -0.729. The van der Waals surface area contributed by atoms with Crippen LogP contribution in [-0.4, -0.2) is 18.0 Å². The number of hydrogen-bond donors (Lipinski definition) is 1. The zero-order valence-electron chi connectivity index (χ0n) is 13.5. The van der Waals surface area contributed by atoms with Crippen molar-refractivity contribution in [1.82, 2.24) is 0 Å². The normalized spacial score (nSPS) is 16.5. The van der Waals surface area contributed by atoms with Crippen LogP contribution < -0.4 is 5.32 Å². The second kappa shape index (κ2) is 5.88. The molecule has 4 nitrogen and oxygen atoms in total. The largest absolute Gasteiger partial charge is 0.448 e. The Labute approximate surface area is 135 Å². The molecule has 1 atom stereocenters. The summed E-state index contributed by atoms with van der Waals surface area (Å²) in [7, 11) is 0. The first-order valence-electron chi connectivity index (χ1n) is 7.63. The molecular formula is C19H19NO3. The Morgan fingerprint density at radius 2 is 1.78 bits per heavy atom. The number of rotatable bonds is 2. The van der Waals surface area contributed by atoms with E-state index in [4.69, 9.17) is 4.74 Å². The minimum absolute atomic E-state index is 0.289. The van der Waals surface area contributed by atoms with Crippen LogP contribution in [-0.2, 0) is 16.0 Å². The number of fused-ring (bicyclic) bond motifs is 1. The second-order valence-electron chi connectivity index (χ2n) is 6.02. The average Bonchev–Trinajstić information content (AvgIpc) is 2.50. The maximum absolute atomic E-state index is 12.5. The lowest BCUT2D eigenvalue weighted by atomic mass is 9.98. The molecule has 0 saturated heterocycles. The van der Waals surface area contributed by atoms with Gasteiger partial charge in [-0.1, -0.05) is 35.9 Å². The van der Waals surface area contributed by atoms with Crippen LogP contribution in [0.15, 0.2) is 36.4 Å². The Morgan fingerprint density at radius 1 is 1.13 bits per heavy atom. The number of carbonyl (C=O) groups is 2. The van der Waals surface area contributed by atoms with E-state index in [1.54, 1.807) is 12.1 Å². The van der Waals surface area contributed by atoms with Crippen LogP contribution in [0.5, 0.6) is 0 Å². The third kappa shape index (κ3) is 2.97. The highest BCUT2D eigenvalue weighted by molar-refractivity contribution is 6.00. The van der Waals surface area contributed by atoms with Gasteiger partial charge in [0.1, 0.15) is 0 Å². The first kappa shape index (κ1) is 15.3. The van der Waals surface area contributed by atoms with Gasteiger partial charge in [-0.25, -0.2) is 4.79 Å². The lowest BCUT2D eigenvalue weighted by molar-refractivity contribution is -0.125. The number of nitrogens with one attached hydrogen (secondary N) is 1. The van der Waals surface area contributed by atoms with Gasteiger partial charge < -0.3 is 10.1 Å². The summed E-state index contributed by atoms with van der Waals surface area (Å²) in [6.45, 7) is 5.93. The van der Waals surface area contributed by atoms with Gasteiger partial charge in [0.15, 0.2) is 6.10 Å². The first-order chi connectivity index (χ1) is 11.0. The van der Waals surface area contributed by atoms with Crippen molar-refractivity contribution >= 4 is 17.6 Å². The number of carbonyl (C=O) groups excluding carboxylic acids is 2. The van der Waals surface area contributed by atoms with Crippen LogP contribution in [0, 0.1) is 20.8 Å². The van der Waals surface area contributed by atoms with Crippen LogP contribution in [0.4, 0.5) is 5.69 Å². The molecule has 0 aromatic heterocycles. The highest BCUT2D eigenvalue weighted by Crippen LogP contribution is 2.25. The van der Waals surface area contributed by atoms with Crippen LogP contribution in [0.2, 0.25) is 0 Å². The molecule has 1 aliphatic heterocycles. The predicted octanol–water partition coefficient (Wildman–Crippen LogP) is 3.33. The summed E-state index contributed by atoms with van der Waals surface area (Å²) in [6, 6.07) is 11.3. The van der Waals surface area contributed by atoms with Crippen LogP contribution >= 0.6 is 0 Å². The number of benzene rings is 2. The van der Waals surface area contributed by atoms with Gasteiger partial charge in [0, 0.05) is 12.1 Å². The highest BCUT2D eigenvalue weighted by atomic mass is 16.5. The number of amides is 1. The van der Waals surface area contributed by atoms with Gasteiger partial charge >= 0.3 is 5.97 Å². The van der Waals surface area contributed by atoms with Crippen molar-refractivity contribution in [2.24, 2.45) is 0 Å². The number of anilines is 1. The Balaban J connectivity index is 1.82. The second-order valence-corrected chi connectivity index (χ2v) is 6.02. The quantitative estimate of drug-likeness (QED) is 0.866. The van der Waals surface area contributed by atoms with E-state index in [0.29, 0.717) is 12.0 Å². The number of cyclic esters (lactones) is 1. The van der Waals surface area contributed by atoms with Gasteiger partial charge in [0.2, 0.25) is 0 Å². The lowest BCUT2D eigenvalue weighted by Crippen LogP contribution is -2.38. The van der Waals surface area contributed by atoms with Crippen molar-refractivity contribution in [3.05, 3.63) is 64.2 Å². The molecule has 1 amide bonds. The third-order valence-electron chi connectivity index (χ3n) is 4.11. The van der Waals surface area contributed by atoms with Crippen molar-refractivity contribution in [2.75, 3.05) is 5.32 Å². The van der Waals surface area contributed by atoms with Crippen molar-refractivity contribution in [2.45, 2.75) is 33.3 Å². The van der Waals surface area contributed by atoms with E-state index in [-0.39, 0.29) is 5.91 Å². The number of ether oxygens (including phenoxy) is 1. The van der Waals surface area contributed by atoms with Gasteiger partial charge in [-0.05, 0) is 43.5 Å². The zero-order chi connectivity index (χ0) is 16.6. The molecule has 0 aliphatic carbocycles. The Hall–Kier alpha value is -2.62. The van der Waals surface area contributed by atoms with Gasteiger partial charge in [-0.3, -0.25) is 4.79 Å². The SMILES string of the molecule is Cc1cc(C)c(NC(=O)C2Cc3ccccc3C(=O)O2)c(C)c1. The van der Waals surface area contributed by atoms with Crippen LogP contribution in [0.3, 0.4) is 0 Å². The topological polar surface area (TPSA) is 55.4 Å². The third-order valence-corrected chi connectivity index (χ3v) is 4.11. The van der Waals surface area contributed by atoms with Crippen LogP contribution in [0.1, 0.15) is 32.6 Å². The molecular weight excluding hydrogens is 290 g/mol. The smallest absolute Gasteiger partial charge is 0.339 e. The molecule has 2 aromatic rings. The molecule has 0 fully saturated rings. The summed E-state index contributed by atoms with van der Waals surface area (Å²) in [4.78, 5) is 24.6. The molecule has 1 heterocycles. The fourth-order valence-electron chi connectivity index (χ4n) is 3.06. The van der Waals surface area contributed by atoms with Crippen LogP contribution in [0.25, 0.3) is 0 Å². The number of esters is 1. The van der Waals surface area contributed by atoms with Crippen molar-refractivity contribution in [3.8, 4) is 0 Å². The van der Waals surface area contributed by atoms with E-state index in [2.05, 4.69) is 5.32 Å². The molecule has 23 heavy (non-hydrogen) atoms. The molecule has 118 valence electrons. The van der Waals surface area contributed by atoms with Crippen molar-refractivity contribution < 1.29 is 14.3 Å². The monoisotopic (exact) mass is 309 g/mol. The fraction of sp³-hybridized carbons (Fsp3) is 0.263. The molecule has 4 heteroatoms. The van der Waals surface area contributed by atoms with E-state index in [9.17, 15) is 9.59 Å².